The van der Waals surface area contributed by atoms with E-state index in [-0.39, 0.29) is 0 Å². The van der Waals surface area contributed by atoms with E-state index in [0.717, 1.165) is 31.4 Å². The van der Waals surface area contributed by atoms with Crippen LogP contribution in [0.25, 0.3) is 0 Å². The van der Waals surface area contributed by atoms with Gasteiger partial charge in [-0.25, -0.2) is 4.68 Å². The van der Waals surface area contributed by atoms with Crippen LogP contribution in [0, 0.1) is 5.92 Å². The van der Waals surface area contributed by atoms with Crippen molar-refractivity contribution in [2.24, 2.45) is 13.0 Å². The molecular formula is C11H18BrN3O. The monoisotopic (exact) mass is 287 g/mol. The Morgan fingerprint density at radius 1 is 1.56 bits per heavy atom. The first-order chi connectivity index (χ1) is 7.59. The number of halogens is 1. The summed E-state index contributed by atoms with van der Waals surface area (Å²) in [6, 6.07) is 0. The van der Waals surface area contributed by atoms with Gasteiger partial charge in [-0.2, -0.15) is 0 Å². The lowest BCUT2D eigenvalue weighted by Crippen LogP contribution is -2.39. The van der Waals surface area contributed by atoms with Crippen LogP contribution in [0.15, 0.2) is 4.60 Å². The number of nitrogens with zero attached hydrogens (tertiary/aromatic N) is 3. The van der Waals surface area contributed by atoms with E-state index in [9.17, 15) is 5.11 Å². The van der Waals surface area contributed by atoms with Crippen molar-refractivity contribution < 1.29 is 5.11 Å². The third-order valence-electron chi connectivity index (χ3n) is 3.72. The van der Waals surface area contributed by atoms with Crippen LogP contribution in [0.3, 0.4) is 0 Å². The summed E-state index contributed by atoms with van der Waals surface area (Å²) in [6.07, 6.45) is 5.18. The zero-order chi connectivity index (χ0) is 11.8. The van der Waals surface area contributed by atoms with E-state index in [1.54, 1.807) is 4.68 Å². The van der Waals surface area contributed by atoms with Gasteiger partial charge in [0.05, 0.1) is 0 Å². The van der Waals surface area contributed by atoms with Crippen molar-refractivity contribution in [1.82, 2.24) is 15.0 Å². The lowest BCUT2D eigenvalue weighted by Gasteiger charge is -2.39. The molecule has 1 N–H and O–H groups in total. The fraction of sp³-hybridized carbons (Fsp3) is 0.818. The first-order valence-electron chi connectivity index (χ1n) is 5.87. The number of aromatic nitrogens is 3. The second kappa shape index (κ2) is 4.45. The van der Waals surface area contributed by atoms with Gasteiger partial charge in [-0.15, -0.1) is 5.10 Å². The molecule has 1 aromatic heterocycles. The Morgan fingerprint density at radius 3 is 2.88 bits per heavy atom. The summed E-state index contributed by atoms with van der Waals surface area (Å²) in [6.45, 7) is 2.14. The van der Waals surface area contributed by atoms with E-state index in [1.165, 1.54) is 6.42 Å². The van der Waals surface area contributed by atoms with Crippen molar-refractivity contribution in [3.63, 3.8) is 0 Å². The molecule has 0 bridgehead atoms. The summed E-state index contributed by atoms with van der Waals surface area (Å²) >= 11 is 3.39. The maximum Gasteiger partial charge on any atom is 0.154 e. The van der Waals surface area contributed by atoms with Crippen molar-refractivity contribution >= 4 is 15.9 Å². The average Bonchev–Trinajstić information content (AvgIpc) is 2.59. The smallest absolute Gasteiger partial charge is 0.154 e. The van der Waals surface area contributed by atoms with Gasteiger partial charge in [0.1, 0.15) is 11.3 Å². The van der Waals surface area contributed by atoms with E-state index in [2.05, 4.69) is 33.2 Å². The van der Waals surface area contributed by atoms with Crippen molar-refractivity contribution in [3.05, 3.63) is 10.3 Å². The fourth-order valence-corrected chi connectivity index (χ4v) is 3.54. The SMILES string of the molecule is CCC1CCCCC1(O)c1c(Br)nnn1C. The fourth-order valence-electron chi connectivity index (χ4n) is 2.87. The molecule has 90 valence electrons. The van der Waals surface area contributed by atoms with Crippen LogP contribution in [0.2, 0.25) is 0 Å². The molecule has 0 radical (unpaired) electrons. The molecule has 1 aliphatic rings. The van der Waals surface area contributed by atoms with Gasteiger partial charge in [0.25, 0.3) is 0 Å². The van der Waals surface area contributed by atoms with Gasteiger partial charge in [0, 0.05) is 7.05 Å². The molecule has 16 heavy (non-hydrogen) atoms. The predicted molar refractivity (Wildman–Crippen MR) is 64.8 cm³/mol. The topological polar surface area (TPSA) is 50.9 Å². The zero-order valence-corrected chi connectivity index (χ0v) is 11.4. The molecule has 2 unspecified atom stereocenters. The third kappa shape index (κ3) is 1.80. The van der Waals surface area contributed by atoms with E-state index < -0.39 is 5.60 Å². The number of aryl methyl sites for hydroxylation is 1. The van der Waals surface area contributed by atoms with Crippen LogP contribution in [0.4, 0.5) is 0 Å². The zero-order valence-electron chi connectivity index (χ0n) is 9.78. The summed E-state index contributed by atoms with van der Waals surface area (Å²) in [5.41, 5.74) is 0.0726. The summed E-state index contributed by atoms with van der Waals surface area (Å²) in [4.78, 5) is 0. The molecule has 0 aromatic carbocycles. The minimum absolute atomic E-state index is 0.315. The minimum Gasteiger partial charge on any atom is -0.383 e. The average molecular weight is 288 g/mol. The van der Waals surface area contributed by atoms with Crippen molar-refractivity contribution in [2.45, 2.75) is 44.6 Å². The molecule has 4 nitrogen and oxygen atoms in total. The molecular weight excluding hydrogens is 270 g/mol. The molecule has 2 rings (SSSR count). The highest BCUT2D eigenvalue weighted by Gasteiger charge is 2.43. The van der Waals surface area contributed by atoms with E-state index in [1.807, 2.05) is 7.05 Å². The predicted octanol–water partition coefficient (Wildman–Crippen LogP) is 2.37. The number of hydrogen-bond donors (Lipinski definition) is 1. The number of aliphatic hydroxyl groups is 1. The highest BCUT2D eigenvalue weighted by atomic mass is 79.9. The molecule has 1 fully saturated rings. The molecule has 0 aliphatic heterocycles. The highest BCUT2D eigenvalue weighted by Crippen LogP contribution is 2.44. The molecule has 1 aliphatic carbocycles. The Labute approximate surface area is 104 Å². The standard InChI is InChI=1S/C11H18BrN3O/c1-3-8-6-4-5-7-11(8,16)9-10(12)13-14-15(9)2/h8,16H,3-7H2,1-2H3. The van der Waals surface area contributed by atoms with Crippen LogP contribution < -0.4 is 0 Å². The number of hydrogen-bond acceptors (Lipinski definition) is 3. The van der Waals surface area contributed by atoms with Crippen LogP contribution in [-0.2, 0) is 12.6 Å². The second-order valence-electron chi connectivity index (χ2n) is 4.63. The minimum atomic E-state index is -0.760. The lowest BCUT2D eigenvalue weighted by molar-refractivity contribution is -0.0626. The second-order valence-corrected chi connectivity index (χ2v) is 5.38. The van der Waals surface area contributed by atoms with Gasteiger partial charge >= 0.3 is 0 Å². The summed E-state index contributed by atoms with van der Waals surface area (Å²) < 4.78 is 2.37. The highest BCUT2D eigenvalue weighted by molar-refractivity contribution is 9.10. The van der Waals surface area contributed by atoms with Crippen LogP contribution in [-0.4, -0.2) is 20.1 Å². The van der Waals surface area contributed by atoms with Crippen LogP contribution in [0.1, 0.15) is 44.7 Å². The lowest BCUT2D eigenvalue weighted by atomic mass is 9.72. The maximum absolute atomic E-state index is 10.9. The Hall–Kier alpha value is -0.420. The molecule has 5 heteroatoms. The molecule has 1 saturated carbocycles. The van der Waals surface area contributed by atoms with E-state index >= 15 is 0 Å². The first-order valence-corrected chi connectivity index (χ1v) is 6.67. The van der Waals surface area contributed by atoms with Gasteiger partial charge < -0.3 is 5.11 Å². The van der Waals surface area contributed by atoms with Crippen LogP contribution >= 0.6 is 15.9 Å². The Morgan fingerprint density at radius 2 is 2.31 bits per heavy atom. The quantitative estimate of drug-likeness (QED) is 0.909. The van der Waals surface area contributed by atoms with Crippen LogP contribution in [0.5, 0.6) is 0 Å². The Bertz CT molecular complexity index is 360. The van der Waals surface area contributed by atoms with Crippen molar-refractivity contribution in [2.75, 3.05) is 0 Å². The Balaban J connectivity index is 2.42. The van der Waals surface area contributed by atoms with Gasteiger partial charge in [-0.3, -0.25) is 0 Å². The van der Waals surface area contributed by atoms with E-state index in [4.69, 9.17) is 0 Å². The van der Waals surface area contributed by atoms with Gasteiger partial charge in [-0.1, -0.05) is 31.4 Å². The van der Waals surface area contributed by atoms with Crippen molar-refractivity contribution in [3.8, 4) is 0 Å². The van der Waals surface area contributed by atoms with Gasteiger partial charge in [0.2, 0.25) is 0 Å². The molecule has 0 amide bonds. The molecule has 0 saturated heterocycles. The largest absolute Gasteiger partial charge is 0.383 e. The molecule has 1 heterocycles. The molecule has 1 aromatic rings. The Kier molecular flexibility index (Phi) is 3.35. The van der Waals surface area contributed by atoms with Crippen molar-refractivity contribution in [1.29, 1.82) is 0 Å². The molecule has 2 atom stereocenters. The first kappa shape index (κ1) is 12.0. The van der Waals surface area contributed by atoms with E-state index in [0.29, 0.717) is 10.5 Å². The van der Waals surface area contributed by atoms with Gasteiger partial charge in [-0.05, 0) is 34.7 Å². The maximum atomic E-state index is 10.9. The summed E-state index contributed by atoms with van der Waals surface area (Å²) in [7, 11) is 1.84. The summed E-state index contributed by atoms with van der Waals surface area (Å²) in [5.74, 6) is 0.315. The number of rotatable bonds is 2. The third-order valence-corrected chi connectivity index (χ3v) is 4.26. The van der Waals surface area contributed by atoms with Gasteiger partial charge in [0.15, 0.2) is 4.60 Å². The summed E-state index contributed by atoms with van der Waals surface area (Å²) in [5, 5.41) is 18.9. The molecule has 0 spiro atoms. The normalized spacial score (nSPS) is 30.6.